The summed E-state index contributed by atoms with van der Waals surface area (Å²) < 4.78 is 0. The number of hydrogen-bond acceptors (Lipinski definition) is 3. The van der Waals surface area contributed by atoms with Gasteiger partial charge in [0.1, 0.15) is 0 Å². The molecule has 0 aromatic rings. The quantitative estimate of drug-likeness (QED) is 0.450. The zero-order valence-corrected chi connectivity index (χ0v) is 10.1. The monoisotopic (exact) mass is 248 g/mol. The van der Waals surface area contributed by atoms with Gasteiger partial charge in [-0.05, 0) is 24.4 Å². The van der Waals surface area contributed by atoms with E-state index >= 15 is 0 Å². The van der Waals surface area contributed by atoms with Crippen LogP contribution < -0.4 is 16.0 Å². The van der Waals surface area contributed by atoms with Gasteiger partial charge < -0.3 is 26.0 Å². The first-order valence-electron chi connectivity index (χ1n) is 4.89. The largest absolute Gasteiger partial charge is 0.395 e. The Morgan fingerprint density at radius 1 is 1.13 bits per heavy atom. The third kappa shape index (κ3) is 4.59. The van der Waals surface area contributed by atoms with Crippen LogP contribution in [-0.4, -0.2) is 59.6 Å². The van der Waals surface area contributed by atoms with Crippen molar-refractivity contribution in [3.8, 4) is 0 Å². The van der Waals surface area contributed by atoms with E-state index in [1.165, 1.54) is 0 Å². The van der Waals surface area contributed by atoms with Crippen molar-refractivity contribution in [2.45, 2.75) is 0 Å². The molecule has 0 radical (unpaired) electrons. The number of nitrogens with one attached hydrogen (secondary N) is 3. The highest BCUT2D eigenvalue weighted by molar-refractivity contribution is 7.80. The maximum atomic E-state index is 8.52. The predicted octanol–water partition coefficient (Wildman–Crippen LogP) is -1.37. The maximum absolute atomic E-state index is 8.52. The second-order valence-corrected chi connectivity index (χ2v) is 3.92. The van der Waals surface area contributed by atoms with Crippen molar-refractivity contribution >= 4 is 34.7 Å². The number of nitrogens with zero attached hydrogens (tertiary/aromatic N) is 1. The fourth-order valence-corrected chi connectivity index (χ4v) is 1.75. The summed E-state index contributed by atoms with van der Waals surface area (Å²) in [6.45, 7) is 4.66. The summed E-state index contributed by atoms with van der Waals surface area (Å²) in [7, 11) is 0. The molecule has 86 valence electrons. The maximum Gasteiger partial charge on any atom is 0.169 e. The molecule has 2 fully saturated rings. The Labute approximate surface area is 100 Å². The van der Waals surface area contributed by atoms with E-state index in [1.807, 2.05) is 4.90 Å². The first-order valence-corrected chi connectivity index (χ1v) is 5.71. The van der Waals surface area contributed by atoms with Gasteiger partial charge >= 0.3 is 0 Å². The second-order valence-electron chi connectivity index (χ2n) is 3.13. The van der Waals surface area contributed by atoms with Gasteiger partial charge in [-0.25, -0.2) is 0 Å². The van der Waals surface area contributed by atoms with E-state index in [9.17, 15) is 0 Å². The highest BCUT2D eigenvalue weighted by atomic mass is 32.1. The molecule has 0 saturated carbocycles. The van der Waals surface area contributed by atoms with Crippen molar-refractivity contribution < 1.29 is 5.11 Å². The molecule has 2 aliphatic heterocycles. The molecule has 2 heterocycles. The fraction of sp³-hybridized carbons (Fsp3) is 0.750. The predicted molar refractivity (Wildman–Crippen MR) is 67.9 cm³/mol. The number of thiocarbonyl (C=S) groups is 2. The number of rotatable bonds is 2. The van der Waals surface area contributed by atoms with E-state index in [2.05, 4.69) is 16.0 Å². The number of β-amino-alcohol motifs (C(OH)–C–C–N with tert-alkyl or cyclic N) is 1. The molecule has 7 heteroatoms. The van der Waals surface area contributed by atoms with Crippen LogP contribution in [-0.2, 0) is 0 Å². The topological polar surface area (TPSA) is 59.6 Å². The van der Waals surface area contributed by atoms with Crippen LogP contribution >= 0.6 is 24.4 Å². The molecule has 0 bridgehead atoms. The van der Waals surface area contributed by atoms with Crippen LogP contribution in [0.3, 0.4) is 0 Å². The van der Waals surface area contributed by atoms with Gasteiger partial charge in [0.15, 0.2) is 10.2 Å². The van der Waals surface area contributed by atoms with E-state index in [0.29, 0.717) is 6.54 Å². The lowest BCUT2D eigenvalue weighted by molar-refractivity contribution is 0.258. The van der Waals surface area contributed by atoms with E-state index in [4.69, 9.17) is 29.5 Å². The van der Waals surface area contributed by atoms with Gasteiger partial charge in [0.2, 0.25) is 0 Å². The van der Waals surface area contributed by atoms with E-state index in [-0.39, 0.29) is 6.61 Å². The van der Waals surface area contributed by atoms with Gasteiger partial charge in [0.05, 0.1) is 6.61 Å². The second kappa shape index (κ2) is 6.76. The van der Waals surface area contributed by atoms with Gasteiger partial charge in [0.25, 0.3) is 0 Å². The molecule has 0 amide bonds. The number of hydrogen-bond donors (Lipinski definition) is 4. The minimum atomic E-state index is 0.182. The van der Waals surface area contributed by atoms with Crippen molar-refractivity contribution in [3.05, 3.63) is 0 Å². The van der Waals surface area contributed by atoms with Crippen LogP contribution in [0.15, 0.2) is 0 Å². The Balaban J connectivity index is 0.000000162. The van der Waals surface area contributed by atoms with Crippen LogP contribution in [0.1, 0.15) is 0 Å². The average molecular weight is 248 g/mol. The van der Waals surface area contributed by atoms with Gasteiger partial charge in [0, 0.05) is 32.7 Å². The standard InChI is InChI=1S/C5H10N2OS.C3H6N2S/c8-4-3-7-2-1-6-5(7)9;6-3-4-1-2-5-3/h8H,1-4H2,(H,6,9);1-2H2,(H2,4,5,6). The molecule has 0 spiro atoms. The smallest absolute Gasteiger partial charge is 0.169 e. The van der Waals surface area contributed by atoms with Crippen molar-refractivity contribution in [2.75, 3.05) is 39.3 Å². The first-order chi connectivity index (χ1) is 7.24. The van der Waals surface area contributed by atoms with Gasteiger partial charge in [-0.1, -0.05) is 0 Å². The number of aliphatic hydroxyl groups excluding tert-OH is 1. The molecule has 0 unspecified atom stereocenters. The Bertz CT molecular complexity index is 229. The molecule has 0 aliphatic carbocycles. The normalized spacial score (nSPS) is 18.9. The molecular formula is C8H16N4OS2. The minimum Gasteiger partial charge on any atom is -0.395 e. The van der Waals surface area contributed by atoms with E-state index < -0.39 is 0 Å². The molecule has 0 aromatic carbocycles. The lowest BCUT2D eigenvalue weighted by Gasteiger charge is -2.13. The van der Waals surface area contributed by atoms with Crippen molar-refractivity contribution in [1.82, 2.24) is 20.9 Å². The molecular weight excluding hydrogens is 232 g/mol. The summed E-state index contributed by atoms with van der Waals surface area (Å²) in [5.74, 6) is 0. The molecule has 2 saturated heterocycles. The van der Waals surface area contributed by atoms with Gasteiger partial charge in [-0.3, -0.25) is 0 Å². The molecule has 0 aromatic heterocycles. The van der Waals surface area contributed by atoms with Crippen molar-refractivity contribution in [1.29, 1.82) is 0 Å². The Morgan fingerprint density at radius 3 is 2.13 bits per heavy atom. The highest BCUT2D eigenvalue weighted by Crippen LogP contribution is 1.94. The summed E-state index contributed by atoms with van der Waals surface area (Å²) in [5, 5.41) is 19.0. The molecule has 4 N–H and O–H groups in total. The molecule has 2 rings (SSSR count). The van der Waals surface area contributed by atoms with Crippen molar-refractivity contribution in [2.24, 2.45) is 0 Å². The summed E-state index contributed by atoms with van der Waals surface area (Å²) in [5.41, 5.74) is 0. The molecule has 5 nitrogen and oxygen atoms in total. The van der Waals surface area contributed by atoms with Gasteiger partial charge in [-0.15, -0.1) is 0 Å². The van der Waals surface area contributed by atoms with E-state index in [1.54, 1.807) is 0 Å². The Kier molecular flexibility index (Phi) is 5.59. The minimum absolute atomic E-state index is 0.182. The zero-order valence-electron chi connectivity index (χ0n) is 8.45. The highest BCUT2D eigenvalue weighted by Gasteiger charge is 2.13. The average Bonchev–Trinajstić information content (AvgIpc) is 2.81. The summed E-state index contributed by atoms with van der Waals surface area (Å²) in [4.78, 5) is 1.95. The van der Waals surface area contributed by atoms with Crippen LogP contribution in [0.25, 0.3) is 0 Å². The fourth-order valence-electron chi connectivity index (χ4n) is 1.26. The molecule has 2 aliphatic rings. The van der Waals surface area contributed by atoms with Crippen LogP contribution in [0.2, 0.25) is 0 Å². The molecule has 0 atom stereocenters. The summed E-state index contributed by atoms with van der Waals surface area (Å²) in [6.07, 6.45) is 0. The lowest BCUT2D eigenvalue weighted by Crippen LogP contribution is -2.30. The van der Waals surface area contributed by atoms with E-state index in [0.717, 1.165) is 36.4 Å². The van der Waals surface area contributed by atoms with Crippen molar-refractivity contribution in [3.63, 3.8) is 0 Å². The summed E-state index contributed by atoms with van der Waals surface area (Å²) >= 11 is 9.61. The zero-order chi connectivity index (χ0) is 11.1. The van der Waals surface area contributed by atoms with Crippen LogP contribution in [0.5, 0.6) is 0 Å². The molecule has 15 heavy (non-hydrogen) atoms. The third-order valence-corrected chi connectivity index (χ3v) is 2.70. The van der Waals surface area contributed by atoms with Crippen LogP contribution in [0.4, 0.5) is 0 Å². The Morgan fingerprint density at radius 2 is 1.80 bits per heavy atom. The Hall–Kier alpha value is -0.660. The van der Waals surface area contributed by atoms with Crippen LogP contribution in [0, 0.1) is 0 Å². The SMILES string of the molecule is OCCN1CCNC1=S.S=C1NCCN1. The number of aliphatic hydroxyl groups is 1. The summed E-state index contributed by atoms with van der Waals surface area (Å²) in [6, 6.07) is 0. The first kappa shape index (κ1) is 12.4. The lowest BCUT2D eigenvalue weighted by atomic mass is 10.5. The van der Waals surface area contributed by atoms with Gasteiger partial charge in [-0.2, -0.15) is 0 Å². The third-order valence-electron chi connectivity index (χ3n) is 2.01.